The van der Waals surface area contributed by atoms with Crippen LogP contribution in [0.3, 0.4) is 0 Å². The van der Waals surface area contributed by atoms with Gasteiger partial charge in [0.05, 0.1) is 12.8 Å². The maximum Gasteiger partial charge on any atom is 0.407 e. The molecule has 5 heteroatoms. The van der Waals surface area contributed by atoms with Crippen LogP contribution in [0.25, 0.3) is 5.57 Å². The molecule has 6 atom stereocenters. The summed E-state index contributed by atoms with van der Waals surface area (Å²) in [7, 11) is 0. The van der Waals surface area contributed by atoms with Crippen LogP contribution < -0.4 is 10.1 Å². The van der Waals surface area contributed by atoms with Crippen LogP contribution in [0.1, 0.15) is 64.9 Å². The normalized spacial score (nSPS) is 40.1. The summed E-state index contributed by atoms with van der Waals surface area (Å²) in [6, 6.07) is 2.16. The Morgan fingerprint density at radius 3 is 2.90 bits per heavy atom. The van der Waals surface area contributed by atoms with Gasteiger partial charge in [0.25, 0.3) is 0 Å². The monoisotopic (exact) mass is 410 g/mol. The Bertz CT molecular complexity index is 868. The van der Waals surface area contributed by atoms with Gasteiger partial charge in [-0.3, -0.25) is 4.98 Å². The van der Waals surface area contributed by atoms with Crippen molar-refractivity contribution in [2.45, 2.75) is 65.4 Å². The molecule has 1 saturated heterocycles. The highest BCUT2D eigenvalue weighted by Gasteiger charge is 2.59. The van der Waals surface area contributed by atoms with E-state index in [1.54, 1.807) is 0 Å². The fraction of sp³-hybridized carbons (Fsp3) is 0.680. The smallest absolute Gasteiger partial charge is 0.407 e. The summed E-state index contributed by atoms with van der Waals surface area (Å²) in [5, 5.41) is 2.93. The summed E-state index contributed by atoms with van der Waals surface area (Å²) in [6.07, 6.45) is 12.8. The number of allylic oxidation sites excluding steroid dienone is 2. The second kappa shape index (κ2) is 7.28. The summed E-state index contributed by atoms with van der Waals surface area (Å²) in [4.78, 5) is 16.4. The van der Waals surface area contributed by atoms with Crippen LogP contribution >= 0.6 is 0 Å². The Labute approximate surface area is 179 Å². The van der Waals surface area contributed by atoms with Gasteiger partial charge in [-0.1, -0.05) is 19.9 Å². The van der Waals surface area contributed by atoms with Crippen molar-refractivity contribution >= 4 is 11.7 Å². The number of rotatable bonds is 3. The van der Waals surface area contributed by atoms with Crippen LogP contribution in [-0.4, -0.2) is 30.3 Å². The van der Waals surface area contributed by atoms with Gasteiger partial charge in [-0.25, -0.2) is 4.79 Å². The lowest BCUT2D eigenvalue weighted by Crippen LogP contribution is -2.53. The van der Waals surface area contributed by atoms with E-state index >= 15 is 0 Å². The first-order chi connectivity index (χ1) is 14.5. The highest BCUT2D eigenvalue weighted by Crippen LogP contribution is 2.65. The number of aromatic nitrogens is 1. The van der Waals surface area contributed by atoms with Crippen molar-refractivity contribution in [2.75, 3.05) is 13.2 Å². The van der Waals surface area contributed by atoms with Gasteiger partial charge in [0.2, 0.25) is 0 Å². The third-order valence-corrected chi connectivity index (χ3v) is 8.88. The Kier molecular flexibility index (Phi) is 4.83. The Balaban J connectivity index is 1.42. The van der Waals surface area contributed by atoms with Gasteiger partial charge < -0.3 is 14.8 Å². The SMILES string of the molecule is CCOc1cncc(C2=CCC3C4CCC5OC(=O)NCCC5(C)C4CCC23C)c1. The molecule has 2 saturated carbocycles. The molecular formula is C25H34N2O3. The minimum absolute atomic E-state index is 0.0616. The zero-order valence-corrected chi connectivity index (χ0v) is 18.4. The zero-order chi connectivity index (χ0) is 20.9. The zero-order valence-electron chi connectivity index (χ0n) is 18.4. The molecule has 1 amide bonds. The van der Waals surface area contributed by atoms with E-state index in [0.29, 0.717) is 24.4 Å². The number of carbonyl (C=O) groups is 1. The van der Waals surface area contributed by atoms with Crippen molar-refractivity contribution in [3.63, 3.8) is 0 Å². The maximum absolute atomic E-state index is 12.0. The molecule has 30 heavy (non-hydrogen) atoms. The van der Waals surface area contributed by atoms with Crippen LogP contribution in [0, 0.1) is 28.6 Å². The molecule has 0 bridgehead atoms. The molecule has 1 aliphatic heterocycles. The number of hydrogen-bond acceptors (Lipinski definition) is 4. The molecule has 3 fully saturated rings. The predicted octanol–water partition coefficient (Wildman–Crippen LogP) is 5.21. The number of amides is 1. The van der Waals surface area contributed by atoms with Gasteiger partial charge in [-0.2, -0.15) is 0 Å². The van der Waals surface area contributed by atoms with Crippen LogP contribution in [0.15, 0.2) is 24.5 Å². The molecule has 0 spiro atoms. The lowest BCUT2D eigenvalue weighted by Gasteiger charge is -2.57. The quantitative estimate of drug-likeness (QED) is 0.743. The molecule has 1 N–H and O–H groups in total. The van der Waals surface area contributed by atoms with Crippen molar-refractivity contribution in [1.29, 1.82) is 0 Å². The van der Waals surface area contributed by atoms with E-state index < -0.39 is 0 Å². The lowest BCUT2D eigenvalue weighted by atomic mass is 9.48. The highest BCUT2D eigenvalue weighted by molar-refractivity contribution is 5.73. The number of nitrogens with one attached hydrogen (secondary N) is 1. The molecule has 5 nitrogen and oxygen atoms in total. The summed E-state index contributed by atoms with van der Waals surface area (Å²) < 4.78 is 11.6. The molecular weight excluding hydrogens is 376 g/mol. The molecule has 6 unspecified atom stereocenters. The maximum atomic E-state index is 12.0. The Morgan fingerprint density at radius 2 is 2.07 bits per heavy atom. The first-order valence-corrected chi connectivity index (χ1v) is 11.7. The van der Waals surface area contributed by atoms with Gasteiger partial charge in [-0.05, 0) is 85.8 Å². The van der Waals surface area contributed by atoms with Gasteiger partial charge in [0.1, 0.15) is 11.9 Å². The van der Waals surface area contributed by atoms with Crippen molar-refractivity contribution in [2.24, 2.45) is 28.6 Å². The number of fused-ring (bicyclic) bond motifs is 5. The van der Waals surface area contributed by atoms with Crippen molar-refractivity contribution in [3.05, 3.63) is 30.1 Å². The van der Waals surface area contributed by atoms with Gasteiger partial charge in [-0.15, -0.1) is 0 Å². The predicted molar refractivity (Wildman–Crippen MR) is 116 cm³/mol. The summed E-state index contributed by atoms with van der Waals surface area (Å²) >= 11 is 0. The van der Waals surface area contributed by atoms with E-state index in [4.69, 9.17) is 9.47 Å². The molecule has 4 aliphatic rings. The van der Waals surface area contributed by atoms with Crippen LogP contribution in [0.2, 0.25) is 0 Å². The molecule has 0 radical (unpaired) electrons. The molecule has 2 heterocycles. The summed E-state index contributed by atoms with van der Waals surface area (Å²) in [5.41, 5.74) is 2.96. The number of pyridine rings is 1. The van der Waals surface area contributed by atoms with Crippen LogP contribution in [0.5, 0.6) is 5.75 Å². The summed E-state index contributed by atoms with van der Waals surface area (Å²) in [6.45, 7) is 8.26. The second-order valence-corrected chi connectivity index (χ2v) is 10.2. The number of hydrogen-bond donors (Lipinski definition) is 1. The van der Waals surface area contributed by atoms with E-state index in [1.165, 1.54) is 24.0 Å². The Morgan fingerprint density at radius 1 is 1.20 bits per heavy atom. The topological polar surface area (TPSA) is 60.5 Å². The molecule has 5 rings (SSSR count). The van der Waals surface area contributed by atoms with E-state index in [1.807, 2.05) is 19.3 Å². The number of alkyl carbamates (subject to hydrolysis) is 1. The molecule has 1 aromatic heterocycles. The second-order valence-electron chi connectivity index (χ2n) is 10.2. The standard InChI is InChI=1S/C25H34N2O3/c1-4-29-17-13-16(14-26-15-17)19-6-7-20-18-5-8-22-25(3,11-12-27-23(28)30-22)21(18)9-10-24(19,20)2/h6,13-15,18,20-22H,4-5,7-12H2,1-3H3,(H,27,28). The largest absolute Gasteiger partial charge is 0.492 e. The van der Waals surface area contributed by atoms with Gasteiger partial charge in [0.15, 0.2) is 0 Å². The van der Waals surface area contributed by atoms with E-state index in [2.05, 4.69) is 36.3 Å². The number of nitrogens with zero attached hydrogens (tertiary/aromatic N) is 1. The average molecular weight is 411 g/mol. The van der Waals surface area contributed by atoms with Gasteiger partial charge >= 0.3 is 6.09 Å². The molecule has 0 aromatic carbocycles. The third kappa shape index (κ3) is 2.96. The van der Waals surface area contributed by atoms with Crippen molar-refractivity contribution < 1.29 is 14.3 Å². The third-order valence-electron chi connectivity index (χ3n) is 8.88. The minimum atomic E-state index is -0.227. The van der Waals surface area contributed by atoms with Gasteiger partial charge in [0, 0.05) is 18.2 Å². The fourth-order valence-corrected chi connectivity index (χ4v) is 7.39. The first-order valence-electron chi connectivity index (χ1n) is 11.7. The number of carbonyl (C=O) groups excluding carboxylic acids is 1. The molecule has 162 valence electrons. The molecule has 3 aliphatic carbocycles. The Hall–Kier alpha value is -2.04. The number of ether oxygens (including phenoxy) is 2. The van der Waals surface area contributed by atoms with Crippen molar-refractivity contribution in [3.8, 4) is 5.75 Å². The van der Waals surface area contributed by atoms with Crippen LogP contribution in [-0.2, 0) is 4.74 Å². The average Bonchev–Trinajstić information content (AvgIpc) is 2.99. The first kappa shape index (κ1) is 19.9. The van der Waals surface area contributed by atoms with E-state index in [0.717, 1.165) is 38.0 Å². The highest BCUT2D eigenvalue weighted by atomic mass is 16.6. The summed E-state index contributed by atoms with van der Waals surface area (Å²) in [5.74, 6) is 2.84. The van der Waals surface area contributed by atoms with Crippen molar-refractivity contribution in [1.82, 2.24) is 10.3 Å². The minimum Gasteiger partial charge on any atom is -0.492 e. The van der Waals surface area contributed by atoms with E-state index in [-0.39, 0.29) is 23.0 Å². The van der Waals surface area contributed by atoms with Crippen LogP contribution in [0.4, 0.5) is 4.79 Å². The lowest BCUT2D eigenvalue weighted by molar-refractivity contribution is -0.113. The van der Waals surface area contributed by atoms with E-state index in [9.17, 15) is 4.79 Å². The molecule has 1 aromatic rings. The fourth-order valence-electron chi connectivity index (χ4n) is 7.39.